The number of carbonyl (C=O) groups is 4. The van der Waals surface area contributed by atoms with Crippen LogP contribution in [-0.4, -0.2) is 34.2 Å². The number of nitrogens with zero attached hydrogens (tertiary/aromatic N) is 1. The molecule has 9 heteroatoms. The molecule has 1 unspecified atom stereocenters. The Hall–Kier alpha value is -2.94. The van der Waals surface area contributed by atoms with Crippen molar-refractivity contribution in [1.29, 1.82) is 0 Å². The maximum atomic E-state index is 12.2. The number of anilines is 1. The average Bonchev–Trinajstić information content (AvgIpc) is 3.13. The molecule has 0 bridgehead atoms. The number of primary amides is 1. The van der Waals surface area contributed by atoms with Crippen LogP contribution in [0, 0.1) is 0 Å². The fourth-order valence-electron chi connectivity index (χ4n) is 2.05. The number of aromatic nitrogens is 1. The van der Waals surface area contributed by atoms with E-state index in [4.69, 9.17) is 10.5 Å². The Bertz CT molecular complexity index is 852. The average molecular weight is 363 g/mol. The van der Waals surface area contributed by atoms with E-state index in [0.29, 0.717) is 5.56 Å². The van der Waals surface area contributed by atoms with Crippen molar-refractivity contribution in [2.75, 3.05) is 5.32 Å². The largest absolute Gasteiger partial charge is 0.448 e. The molecule has 0 saturated carbocycles. The third-order valence-electron chi connectivity index (χ3n) is 3.44. The predicted octanol–water partition coefficient (Wildman–Crippen LogP) is 1.57. The van der Waals surface area contributed by atoms with E-state index < -0.39 is 23.9 Å². The third-order valence-corrected chi connectivity index (χ3v) is 4.27. The van der Waals surface area contributed by atoms with Crippen molar-refractivity contribution in [2.24, 2.45) is 12.8 Å². The highest BCUT2D eigenvalue weighted by Gasteiger charge is 2.23. The van der Waals surface area contributed by atoms with E-state index in [2.05, 4.69) is 5.32 Å². The zero-order chi connectivity index (χ0) is 18.7. The van der Waals surface area contributed by atoms with Crippen LogP contribution in [0.4, 0.5) is 5.00 Å². The van der Waals surface area contributed by atoms with Crippen molar-refractivity contribution in [3.8, 4) is 0 Å². The number of nitrogens with two attached hydrogens (primary N) is 1. The van der Waals surface area contributed by atoms with Crippen molar-refractivity contribution < 1.29 is 23.9 Å². The number of carbonyl (C=O) groups excluding carboxylic acids is 4. The highest BCUT2D eigenvalue weighted by atomic mass is 32.1. The summed E-state index contributed by atoms with van der Waals surface area (Å²) < 4.78 is 6.58. The molecule has 132 valence electrons. The van der Waals surface area contributed by atoms with E-state index in [9.17, 15) is 19.2 Å². The fraction of sp³-hybridized carbons (Fsp3) is 0.250. The van der Waals surface area contributed by atoms with Crippen molar-refractivity contribution in [3.05, 3.63) is 40.5 Å². The monoisotopic (exact) mass is 363 g/mol. The van der Waals surface area contributed by atoms with Crippen LogP contribution in [0.5, 0.6) is 0 Å². The molecule has 0 aliphatic rings. The summed E-state index contributed by atoms with van der Waals surface area (Å²) in [6.07, 6.45) is 0.403. The number of amides is 2. The van der Waals surface area contributed by atoms with Crippen LogP contribution in [-0.2, 0) is 16.6 Å². The molecule has 2 aromatic heterocycles. The molecule has 0 fully saturated rings. The van der Waals surface area contributed by atoms with Crippen LogP contribution in [0.1, 0.15) is 45.1 Å². The molecule has 3 N–H and O–H groups in total. The summed E-state index contributed by atoms with van der Waals surface area (Å²) in [7, 11) is 1.60. The Morgan fingerprint density at radius 2 is 2.00 bits per heavy atom. The van der Waals surface area contributed by atoms with Crippen molar-refractivity contribution in [3.63, 3.8) is 0 Å². The SMILES string of the molecule is CC(=O)c1cc(C(=O)OC(C)C(=O)Nc2sccc2C(N)=O)n(C)c1. The Kier molecular flexibility index (Phi) is 5.38. The number of ether oxygens (including phenoxy) is 1. The molecule has 0 aliphatic heterocycles. The van der Waals surface area contributed by atoms with Gasteiger partial charge in [-0.15, -0.1) is 11.3 Å². The molecule has 2 rings (SSSR count). The van der Waals surface area contributed by atoms with Gasteiger partial charge in [-0.1, -0.05) is 0 Å². The molecule has 2 aromatic rings. The lowest BCUT2D eigenvalue weighted by atomic mass is 10.2. The van der Waals surface area contributed by atoms with Crippen LogP contribution in [0.3, 0.4) is 0 Å². The van der Waals surface area contributed by atoms with Gasteiger partial charge < -0.3 is 20.4 Å². The first kappa shape index (κ1) is 18.4. The number of aryl methyl sites for hydroxylation is 1. The minimum absolute atomic E-state index is 0.152. The first-order valence-corrected chi connectivity index (χ1v) is 8.15. The summed E-state index contributed by atoms with van der Waals surface area (Å²) in [5.74, 6) is -2.18. The van der Waals surface area contributed by atoms with Crippen molar-refractivity contribution in [2.45, 2.75) is 20.0 Å². The number of ketones is 1. The number of rotatable bonds is 6. The normalized spacial score (nSPS) is 11.6. The Labute approximate surface area is 147 Å². The lowest BCUT2D eigenvalue weighted by Crippen LogP contribution is -2.30. The first-order valence-electron chi connectivity index (χ1n) is 7.27. The van der Waals surface area contributed by atoms with Crippen molar-refractivity contribution >= 4 is 39.9 Å². The van der Waals surface area contributed by atoms with Gasteiger partial charge in [0.25, 0.3) is 11.8 Å². The smallest absolute Gasteiger partial charge is 0.355 e. The van der Waals surface area contributed by atoms with Crippen LogP contribution in [0.15, 0.2) is 23.7 Å². The number of nitrogens with one attached hydrogen (secondary N) is 1. The summed E-state index contributed by atoms with van der Waals surface area (Å²) in [6, 6.07) is 2.90. The van der Waals surface area contributed by atoms with Crippen LogP contribution in [0.2, 0.25) is 0 Å². The van der Waals surface area contributed by atoms with Crippen LogP contribution < -0.4 is 11.1 Å². The fourth-order valence-corrected chi connectivity index (χ4v) is 2.84. The third kappa shape index (κ3) is 4.13. The molecule has 2 amide bonds. The van der Waals surface area contributed by atoms with Gasteiger partial charge in [0.15, 0.2) is 11.9 Å². The molecule has 1 atom stereocenters. The summed E-state index contributed by atoms with van der Waals surface area (Å²) >= 11 is 1.13. The van der Waals surface area contributed by atoms with Crippen LogP contribution >= 0.6 is 11.3 Å². The second-order valence-electron chi connectivity index (χ2n) is 5.35. The van der Waals surface area contributed by atoms with Gasteiger partial charge in [0.05, 0.1) is 5.56 Å². The van der Waals surface area contributed by atoms with Gasteiger partial charge in [-0.05, 0) is 31.4 Å². The van der Waals surface area contributed by atoms with Crippen LogP contribution in [0.25, 0.3) is 0 Å². The number of esters is 1. The van der Waals surface area contributed by atoms with Gasteiger partial charge in [-0.25, -0.2) is 4.79 Å². The van der Waals surface area contributed by atoms with E-state index in [1.807, 2.05) is 0 Å². The molecule has 0 aromatic carbocycles. The van der Waals surface area contributed by atoms with Gasteiger partial charge in [0, 0.05) is 18.8 Å². The highest BCUT2D eigenvalue weighted by molar-refractivity contribution is 7.14. The molecule has 2 heterocycles. The van der Waals surface area contributed by atoms with Gasteiger partial charge >= 0.3 is 5.97 Å². The second-order valence-corrected chi connectivity index (χ2v) is 6.26. The summed E-state index contributed by atoms with van der Waals surface area (Å²) in [5, 5.41) is 4.41. The molecule has 0 spiro atoms. The minimum Gasteiger partial charge on any atom is -0.448 e. The Morgan fingerprint density at radius 1 is 1.32 bits per heavy atom. The molecule has 0 aliphatic carbocycles. The maximum absolute atomic E-state index is 12.2. The van der Waals surface area contributed by atoms with E-state index in [0.717, 1.165) is 11.3 Å². The summed E-state index contributed by atoms with van der Waals surface area (Å²) in [5.41, 5.74) is 5.92. The Balaban J connectivity index is 2.05. The predicted molar refractivity (Wildman–Crippen MR) is 91.8 cm³/mol. The molecular weight excluding hydrogens is 346 g/mol. The molecule has 0 radical (unpaired) electrons. The van der Waals surface area contributed by atoms with E-state index in [-0.39, 0.29) is 22.0 Å². The van der Waals surface area contributed by atoms with E-state index >= 15 is 0 Å². The summed E-state index contributed by atoms with van der Waals surface area (Å²) in [6.45, 7) is 2.79. The zero-order valence-corrected chi connectivity index (χ0v) is 14.7. The molecular formula is C16H17N3O5S. The first-order chi connectivity index (χ1) is 11.7. The summed E-state index contributed by atoms with van der Waals surface area (Å²) in [4.78, 5) is 47.0. The number of hydrogen-bond donors (Lipinski definition) is 2. The topological polar surface area (TPSA) is 120 Å². The van der Waals surface area contributed by atoms with E-state index in [1.54, 1.807) is 12.4 Å². The molecule has 25 heavy (non-hydrogen) atoms. The van der Waals surface area contributed by atoms with E-state index in [1.165, 1.54) is 36.7 Å². The number of hydrogen-bond acceptors (Lipinski definition) is 6. The van der Waals surface area contributed by atoms with Gasteiger partial charge in [-0.2, -0.15) is 0 Å². The van der Waals surface area contributed by atoms with Gasteiger partial charge in [0.1, 0.15) is 10.7 Å². The maximum Gasteiger partial charge on any atom is 0.355 e. The lowest BCUT2D eigenvalue weighted by molar-refractivity contribution is -0.123. The standard InChI is InChI=1S/C16H17N3O5S/c1-8(20)10-6-12(19(3)7-10)16(23)24-9(2)14(22)18-15-11(13(17)21)4-5-25-15/h4-7,9H,1-3H3,(H2,17,21)(H,18,22). The number of thiophene rings is 1. The van der Waals surface area contributed by atoms with Gasteiger partial charge in [0.2, 0.25) is 0 Å². The zero-order valence-electron chi connectivity index (χ0n) is 13.9. The molecule has 8 nitrogen and oxygen atoms in total. The van der Waals surface area contributed by atoms with Crippen molar-refractivity contribution in [1.82, 2.24) is 4.57 Å². The minimum atomic E-state index is -1.11. The Morgan fingerprint density at radius 3 is 2.56 bits per heavy atom. The molecule has 0 saturated heterocycles. The second kappa shape index (κ2) is 7.31. The van der Waals surface area contributed by atoms with Gasteiger partial charge in [-0.3, -0.25) is 14.4 Å². The number of Topliss-reactive ketones (excluding diaryl/α,β-unsaturated/α-hetero) is 1. The quantitative estimate of drug-likeness (QED) is 0.596. The lowest BCUT2D eigenvalue weighted by Gasteiger charge is -2.13. The highest BCUT2D eigenvalue weighted by Crippen LogP contribution is 2.23.